The second kappa shape index (κ2) is 5.51. The van der Waals surface area contributed by atoms with E-state index in [9.17, 15) is 9.90 Å². The molecule has 0 aliphatic carbocycles. The molecule has 98 valence electrons. The topological polar surface area (TPSA) is 43.4 Å². The summed E-state index contributed by atoms with van der Waals surface area (Å²) >= 11 is 11.8. The van der Waals surface area contributed by atoms with Crippen LogP contribution in [0, 0.1) is 6.92 Å². The summed E-state index contributed by atoms with van der Waals surface area (Å²) < 4.78 is 0. The van der Waals surface area contributed by atoms with Gasteiger partial charge in [0, 0.05) is 21.4 Å². The molecule has 0 atom stereocenters. The van der Waals surface area contributed by atoms with E-state index in [1.807, 2.05) is 0 Å². The van der Waals surface area contributed by atoms with Gasteiger partial charge in [-0.25, -0.2) is 0 Å². The maximum absolute atomic E-state index is 11.3. The van der Waals surface area contributed by atoms with Gasteiger partial charge < -0.3 is 9.90 Å². The Hall–Kier alpha value is -1.71. The van der Waals surface area contributed by atoms with Crippen molar-refractivity contribution in [3.63, 3.8) is 0 Å². The van der Waals surface area contributed by atoms with Crippen LogP contribution in [-0.4, -0.2) is 6.09 Å². The average Bonchev–Trinajstić information content (AvgIpc) is 2.33. The van der Waals surface area contributed by atoms with E-state index in [2.05, 4.69) is 0 Å². The predicted molar refractivity (Wildman–Crippen MR) is 75.2 cm³/mol. The second-order valence-electron chi connectivity index (χ2n) is 4.01. The van der Waals surface area contributed by atoms with Crippen molar-refractivity contribution in [3.8, 4) is 0 Å². The molecule has 1 amide bonds. The molecular formula is C14H10Cl2NO2-. The summed E-state index contributed by atoms with van der Waals surface area (Å²) in [5.74, 6) is 0. The molecule has 0 saturated heterocycles. The van der Waals surface area contributed by atoms with Gasteiger partial charge >= 0.3 is 0 Å². The molecule has 0 heterocycles. The van der Waals surface area contributed by atoms with Crippen LogP contribution in [0.25, 0.3) is 0 Å². The Bertz CT molecular complexity index is 629. The van der Waals surface area contributed by atoms with Gasteiger partial charge in [-0.3, -0.25) is 4.90 Å². The lowest BCUT2D eigenvalue weighted by Gasteiger charge is -2.26. The normalized spacial score (nSPS) is 10.3. The largest absolute Gasteiger partial charge is 0.529 e. The molecule has 0 bridgehead atoms. The molecule has 2 aromatic rings. The third-order valence-corrected chi connectivity index (χ3v) is 3.31. The van der Waals surface area contributed by atoms with E-state index in [4.69, 9.17) is 23.2 Å². The van der Waals surface area contributed by atoms with Crippen molar-refractivity contribution in [1.29, 1.82) is 0 Å². The lowest BCUT2D eigenvalue weighted by atomic mass is 10.2. The zero-order chi connectivity index (χ0) is 14.0. The van der Waals surface area contributed by atoms with Gasteiger partial charge in [0.15, 0.2) is 0 Å². The molecular weight excluding hydrogens is 285 g/mol. The number of nitrogens with zero attached hydrogens (tertiary/aromatic N) is 1. The standard InChI is InChI=1S/C14H11Cl2NO2/c1-9-7-12(5-6-13(9)16)17(14(18)19)11-4-2-3-10(15)8-11/h2-8H,1H3,(H,18,19)/p-1. The third kappa shape index (κ3) is 3.00. The summed E-state index contributed by atoms with van der Waals surface area (Å²) in [6.07, 6.45) is -1.33. The SMILES string of the molecule is Cc1cc(N(C(=O)[O-])c2cccc(Cl)c2)ccc1Cl. The zero-order valence-corrected chi connectivity index (χ0v) is 11.6. The number of carbonyl (C=O) groups excluding carboxylic acids is 1. The first-order chi connectivity index (χ1) is 8.99. The fourth-order valence-corrected chi connectivity index (χ4v) is 2.05. The number of benzene rings is 2. The van der Waals surface area contributed by atoms with Gasteiger partial charge in [-0.2, -0.15) is 0 Å². The van der Waals surface area contributed by atoms with E-state index < -0.39 is 6.09 Å². The lowest BCUT2D eigenvalue weighted by molar-refractivity contribution is -0.245. The van der Waals surface area contributed by atoms with E-state index in [0.29, 0.717) is 21.4 Å². The number of hydrogen-bond acceptors (Lipinski definition) is 2. The summed E-state index contributed by atoms with van der Waals surface area (Å²) in [5.41, 5.74) is 1.67. The fraction of sp³-hybridized carbons (Fsp3) is 0.0714. The van der Waals surface area contributed by atoms with Gasteiger partial charge in [-0.1, -0.05) is 29.3 Å². The Morgan fingerprint density at radius 3 is 2.37 bits per heavy atom. The Balaban J connectivity index is 2.51. The summed E-state index contributed by atoms with van der Waals surface area (Å²) in [5, 5.41) is 12.4. The van der Waals surface area contributed by atoms with Gasteiger partial charge in [-0.15, -0.1) is 0 Å². The maximum atomic E-state index is 11.3. The zero-order valence-electron chi connectivity index (χ0n) is 10.1. The molecule has 0 saturated carbocycles. The van der Waals surface area contributed by atoms with Crippen molar-refractivity contribution < 1.29 is 9.90 Å². The number of halogens is 2. The first kappa shape index (κ1) is 13.7. The van der Waals surface area contributed by atoms with E-state index in [-0.39, 0.29) is 0 Å². The Morgan fingerprint density at radius 2 is 1.79 bits per heavy atom. The van der Waals surface area contributed by atoms with Gasteiger partial charge in [-0.05, 0) is 48.9 Å². The van der Waals surface area contributed by atoms with Gasteiger partial charge in [0.1, 0.15) is 6.09 Å². The highest BCUT2D eigenvalue weighted by Crippen LogP contribution is 2.29. The number of carboxylic acid groups (broad SMARTS) is 1. The van der Waals surface area contributed by atoms with E-state index in [1.54, 1.807) is 49.4 Å². The number of carbonyl (C=O) groups is 1. The monoisotopic (exact) mass is 294 g/mol. The van der Waals surface area contributed by atoms with Crippen molar-refractivity contribution in [2.45, 2.75) is 6.92 Å². The second-order valence-corrected chi connectivity index (χ2v) is 4.86. The van der Waals surface area contributed by atoms with E-state index >= 15 is 0 Å². The van der Waals surface area contributed by atoms with Gasteiger partial charge in [0.2, 0.25) is 0 Å². The Kier molecular flexibility index (Phi) is 3.98. The maximum Gasteiger partial charge on any atom is 0.146 e. The van der Waals surface area contributed by atoms with Crippen LogP contribution >= 0.6 is 23.2 Å². The van der Waals surface area contributed by atoms with Crippen LogP contribution in [0.5, 0.6) is 0 Å². The molecule has 0 aliphatic rings. The molecule has 0 aliphatic heterocycles. The van der Waals surface area contributed by atoms with Crippen LogP contribution in [-0.2, 0) is 0 Å². The summed E-state index contributed by atoms with van der Waals surface area (Å²) in [4.78, 5) is 12.4. The molecule has 2 aromatic carbocycles. The highest BCUT2D eigenvalue weighted by atomic mass is 35.5. The minimum absolute atomic E-state index is 0.425. The lowest BCUT2D eigenvalue weighted by Crippen LogP contribution is -2.38. The molecule has 19 heavy (non-hydrogen) atoms. The number of rotatable bonds is 2. The van der Waals surface area contributed by atoms with E-state index in [1.165, 1.54) is 0 Å². The van der Waals surface area contributed by atoms with Crippen molar-refractivity contribution in [2.24, 2.45) is 0 Å². The molecule has 5 heteroatoms. The van der Waals surface area contributed by atoms with Gasteiger partial charge in [0.05, 0.1) is 0 Å². The number of hydrogen-bond donors (Lipinski definition) is 0. The van der Waals surface area contributed by atoms with Crippen LogP contribution in [0.3, 0.4) is 0 Å². The average molecular weight is 295 g/mol. The summed E-state index contributed by atoms with van der Waals surface area (Å²) in [6.45, 7) is 1.80. The molecule has 0 aromatic heterocycles. The minimum atomic E-state index is -1.33. The molecule has 0 unspecified atom stereocenters. The van der Waals surface area contributed by atoms with Crippen LogP contribution < -0.4 is 10.0 Å². The fourth-order valence-electron chi connectivity index (χ4n) is 1.74. The van der Waals surface area contributed by atoms with Crippen molar-refractivity contribution >= 4 is 40.7 Å². The van der Waals surface area contributed by atoms with Crippen LogP contribution in [0.4, 0.5) is 16.2 Å². The molecule has 0 N–H and O–H groups in total. The van der Waals surface area contributed by atoms with E-state index in [0.717, 1.165) is 10.5 Å². The highest BCUT2D eigenvalue weighted by molar-refractivity contribution is 6.31. The van der Waals surface area contributed by atoms with Crippen LogP contribution in [0.15, 0.2) is 42.5 Å². The molecule has 0 spiro atoms. The first-order valence-corrected chi connectivity index (χ1v) is 6.27. The quantitative estimate of drug-likeness (QED) is 0.846. The first-order valence-electron chi connectivity index (χ1n) is 5.52. The van der Waals surface area contributed by atoms with Crippen molar-refractivity contribution in [2.75, 3.05) is 4.90 Å². The molecule has 2 rings (SSSR count). The minimum Gasteiger partial charge on any atom is -0.529 e. The smallest absolute Gasteiger partial charge is 0.146 e. The molecule has 0 radical (unpaired) electrons. The Morgan fingerprint density at radius 1 is 1.11 bits per heavy atom. The van der Waals surface area contributed by atoms with Crippen LogP contribution in [0.2, 0.25) is 10.0 Å². The Labute approximate surface area is 121 Å². The molecule has 3 nitrogen and oxygen atoms in total. The summed E-state index contributed by atoms with van der Waals surface area (Å²) in [6, 6.07) is 11.5. The molecule has 0 fully saturated rings. The third-order valence-electron chi connectivity index (χ3n) is 2.65. The number of anilines is 2. The van der Waals surface area contributed by atoms with Crippen molar-refractivity contribution in [3.05, 3.63) is 58.1 Å². The number of amides is 1. The highest BCUT2D eigenvalue weighted by Gasteiger charge is 2.12. The van der Waals surface area contributed by atoms with Crippen LogP contribution in [0.1, 0.15) is 5.56 Å². The van der Waals surface area contributed by atoms with Gasteiger partial charge in [0.25, 0.3) is 0 Å². The summed E-state index contributed by atoms with van der Waals surface area (Å²) in [7, 11) is 0. The number of aryl methyl sites for hydroxylation is 1. The predicted octanol–water partition coefficient (Wildman–Crippen LogP) is 3.78. The van der Waals surface area contributed by atoms with Crippen molar-refractivity contribution in [1.82, 2.24) is 0 Å².